The minimum Gasteiger partial charge on any atom is -0.486 e. The first-order valence-corrected chi connectivity index (χ1v) is 7.06. The molecule has 1 aliphatic rings. The number of ether oxygens (including phenoxy) is 2. The summed E-state index contributed by atoms with van der Waals surface area (Å²) >= 11 is 0. The second-order valence-electron chi connectivity index (χ2n) is 5.16. The number of carbonyl (C=O) groups excluding carboxylic acids is 1. The molecule has 5 heteroatoms. The highest BCUT2D eigenvalue weighted by Gasteiger charge is 2.13. The first-order valence-electron chi connectivity index (χ1n) is 7.06. The summed E-state index contributed by atoms with van der Waals surface area (Å²) in [6.07, 6.45) is 0.216. The predicted octanol–water partition coefficient (Wildman–Crippen LogP) is 3.09. The van der Waals surface area contributed by atoms with Crippen LogP contribution in [0.25, 0.3) is 0 Å². The molecule has 0 radical (unpaired) electrons. The molecular formula is C17H16FNO3. The van der Waals surface area contributed by atoms with Crippen LogP contribution >= 0.6 is 0 Å². The fraction of sp³-hybridized carbons (Fsp3) is 0.235. The van der Waals surface area contributed by atoms with E-state index in [-0.39, 0.29) is 18.1 Å². The number of carbonyl (C=O) groups is 1. The largest absolute Gasteiger partial charge is 0.486 e. The Morgan fingerprint density at radius 1 is 1.14 bits per heavy atom. The van der Waals surface area contributed by atoms with Crippen molar-refractivity contribution in [3.63, 3.8) is 0 Å². The number of benzene rings is 2. The van der Waals surface area contributed by atoms with E-state index in [1.54, 1.807) is 19.1 Å². The summed E-state index contributed by atoms with van der Waals surface area (Å²) in [6.45, 7) is 2.80. The molecule has 1 N–H and O–H groups in total. The van der Waals surface area contributed by atoms with Crippen molar-refractivity contribution >= 4 is 11.6 Å². The Morgan fingerprint density at radius 2 is 1.91 bits per heavy atom. The van der Waals surface area contributed by atoms with E-state index in [1.807, 2.05) is 12.1 Å². The summed E-state index contributed by atoms with van der Waals surface area (Å²) in [5, 5.41) is 2.79. The van der Waals surface area contributed by atoms with Gasteiger partial charge in [0.2, 0.25) is 5.91 Å². The molecule has 0 aromatic heterocycles. The van der Waals surface area contributed by atoms with Crippen molar-refractivity contribution in [1.29, 1.82) is 0 Å². The van der Waals surface area contributed by atoms with Gasteiger partial charge in [-0.05, 0) is 48.4 Å². The third kappa shape index (κ3) is 3.19. The summed E-state index contributed by atoms with van der Waals surface area (Å²) in [7, 11) is 0. The molecule has 0 saturated carbocycles. The van der Waals surface area contributed by atoms with Gasteiger partial charge in [-0.3, -0.25) is 4.79 Å². The number of rotatable bonds is 3. The maximum atomic E-state index is 13.1. The Hall–Kier alpha value is -2.56. The molecule has 0 spiro atoms. The Balaban J connectivity index is 1.69. The van der Waals surface area contributed by atoms with Gasteiger partial charge in [0.15, 0.2) is 11.5 Å². The quantitative estimate of drug-likeness (QED) is 0.947. The van der Waals surface area contributed by atoms with Gasteiger partial charge in [-0.15, -0.1) is 0 Å². The Morgan fingerprint density at radius 3 is 2.68 bits per heavy atom. The lowest BCUT2D eigenvalue weighted by atomic mass is 10.1. The number of hydrogen-bond acceptors (Lipinski definition) is 3. The van der Waals surface area contributed by atoms with Gasteiger partial charge in [0, 0.05) is 5.69 Å². The summed E-state index contributed by atoms with van der Waals surface area (Å²) in [6, 6.07) is 9.73. The maximum absolute atomic E-state index is 13.1. The zero-order chi connectivity index (χ0) is 15.5. The highest BCUT2D eigenvalue weighted by molar-refractivity contribution is 5.93. The normalized spacial score (nSPS) is 12.8. The van der Waals surface area contributed by atoms with Gasteiger partial charge in [-0.2, -0.15) is 0 Å². The van der Waals surface area contributed by atoms with Crippen molar-refractivity contribution in [1.82, 2.24) is 0 Å². The molecule has 0 atom stereocenters. The summed E-state index contributed by atoms with van der Waals surface area (Å²) in [4.78, 5) is 12.1. The molecule has 0 saturated heterocycles. The van der Waals surface area contributed by atoms with Crippen LogP contribution in [0.15, 0.2) is 36.4 Å². The smallest absolute Gasteiger partial charge is 0.228 e. The lowest BCUT2D eigenvalue weighted by molar-refractivity contribution is -0.115. The van der Waals surface area contributed by atoms with Crippen molar-refractivity contribution in [2.75, 3.05) is 18.5 Å². The molecule has 0 unspecified atom stereocenters. The van der Waals surface area contributed by atoms with E-state index in [1.165, 1.54) is 12.1 Å². The first kappa shape index (κ1) is 14.4. The van der Waals surface area contributed by atoms with Gasteiger partial charge in [0.25, 0.3) is 0 Å². The van der Waals surface area contributed by atoms with Crippen LogP contribution in [0.4, 0.5) is 10.1 Å². The number of anilines is 1. The number of halogens is 1. The van der Waals surface area contributed by atoms with Gasteiger partial charge in [-0.1, -0.05) is 6.07 Å². The fourth-order valence-electron chi connectivity index (χ4n) is 2.34. The van der Waals surface area contributed by atoms with Crippen LogP contribution in [0.5, 0.6) is 11.5 Å². The SMILES string of the molecule is Cc1cc(F)ccc1NC(=O)Cc1ccc2c(c1)OCCO2. The zero-order valence-electron chi connectivity index (χ0n) is 12.2. The van der Waals surface area contributed by atoms with E-state index < -0.39 is 0 Å². The highest BCUT2D eigenvalue weighted by atomic mass is 19.1. The van der Waals surface area contributed by atoms with E-state index >= 15 is 0 Å². The Bertz CT molecular complexity index is 715. The molecule has 3 rings (SSSR count). The molecular weight excluding hydrogens is 285 g/mol. The number of amides is 1. The third-order valence-corrected chi connectivity index (χ3v) is 3.43. The number of fused-ring (bicyclic) bond motifs is 1. The molecule has 0 fully saturated rings. The molecule has 4 nitrogen and oxygen atoms in total. The first-order chi connectivity index (χ1) is 10.6. The number of aryl methyl sites for hydroxylation is 1. The van der Waals surface area contributed by atoms with Gasteiger partial charge < -0.3 is 14.8 Å². The third-order valence-electron chi connectivity index (χ3n) is 3.43. The topological polar surface area (TPSA) is 47.6 Å². The summed E-state index contributed by atoms with van der Waals surface area (Å²) in [5.74, 6) is 0.882. The van der Waals surface area contributed by atoms with Crippen molar-refractivity contribution in [3.05, 3.63) is 53.3 Å². The maximum Gasteiger partial charge on any atom is 0.228 e. The average molecular weight is 301 g/mol. The lowest BCUT2D eigenvalue weighted by Crippen LogP contribution is -2.17. The fourth-order valence-corrected chi connectivity index (χ4v) is 2.34. The summed E-state index contributed by atoms with van der Waals surface area (Å²) in [5.41, 5.74) is 2.14. The lowest BCUT2D eigenvalue weighted by Gasteiger charge is -2.18. The van der Waals surface area contributed by atoms with E-state index in [0.29, 0.717) is 36.0 Å². The minimum atomic E-state index is -0.317. The second kappa shape index (κ2) is 6.05. The molecule has 2 aromatic rings. The molecule has 1 aliphatic heterocycles. The van der Waals surface area contributed by atoms with Crippen LogP contribution in [0.3, 0.4) is 0 Å². The number of hydrogen-bond donors (Lipinski definition) is 1. The van der Waals surface area contributed by atoms with Gasteiger partial charge >= 0.3 is 0 Å². The van der Waals surface area contributed by atoms with Crippen LogP contribution < -0.4 is 14.8 Å². The van der Waals surface area contributed by atoms with E-state index in [9.17, 15) is 9.18 Å². The van der Waals surface area contributed by atoms with Gasteiger partial charge in [0.05, 0.1) is 6.42 Å². The molecule has 22 heavy (non-hydrogen) atoms. The standard InChI is InChI=1S/C17H16FNO3/c1-11-8-13(18)3-4-14(11)19-17(20)10-12-2-5-15-16(9-12)22-7-6-21-15/h2-5,8-9H,6-7,10H2,1H3,(H,19,20). The highest BCUT2D eigenvalue weighted by Crippen LogP contribution is 2.31. The Labute approximate surface area is 127 Å². The van der Waals surface area contributed by atoms with Crippen LogP contribution in [0.1, 0.15) is 11.1 Å². The zero-order valence-corrected chi connectivity index (χ0v) is 12.2. The van der Waals surface area contributed by atoms with Gasteiger partial charge in [-0.25, -0.2) is 4.39 Å². The monoisotopic (exact) mass is 301 g/mol. The van der Waals surface area contributed by atoms with Crippen molar-refractivity contribution in [3.8, 4) is 11.5 Å². The van der Waals surface area contributed by atoms with E-state index in [0.717, 1.165) is 5.56 Å². The summed E-state index contributed by atoms with van der Waals surface area (Å²) < 4.78 is 24.0. The molecule has 1 amide bonds. The molecule has 2 aromatic carbocycles. The van der Waals surface area contributed by atoms with Crippen LogP contribution in [0.2, 0.25) is 0 Å². The van der Waals surface area contributed by atoms with E-state index in [4.69, 9.17) is 9.47 Å². The molecule has 114 valence electrons. The van der Waals surface area contributed by atoms with Crippen molar-refractivity contribution < 1.29 is 18.7 Å². The van der Waals surface area contributed by atoms with Crippen LogP contribution in [-0.4, -0.2) is 19.1 Å². The molecule has 0 bridgehead atoms. The Kier molecular flexibility index (Phi) is 3.96. The van der Waals surface area contributed by atoms with Crippen molar-refractivity contribution in [2.24, 2.45) is 0 Å². The molecule has 1 heterocycles. The number of nitrogens with one attached hydrogen (secondary N) is 1. The molecule has 0 aliphatic carbocycles. The van der Waals surface area contributed by atoms with Crippen LogP contribution in [-0.2, 0) is 11.2 Å². The average Bonchev–Trinajstić information content (AvgIpc) is 2.50. The predicted molar refractivity (Wildman–Crippen MR) is 80.9 cm³/mol. The van der Waals surface area contributed by atoms with Gasteiger partial charge in [0.1, 0.15) is 19.0 Å². The van der Waals surface area contributed by atoms with E-state index in [2.05, 4.69) is 5.32 Å². The van der Waals surface area contributed by atoms with Crippen LogP contribution in [0, 0.1) is 12.7 Å². The second-order valence-corrected chi connectivity index (χ2v) is 5.16. The minimum absolute atomic E-state index is 0.161. The van der Waals surface area contributed by atoms with Crippen molar-refractivity contribution in [2.45, 2.75) is 13.3 Å².